The zero-order chi connectivity index (χ0) is 15.0. The number of hydrogen-bond acceptors (Lipinski definition) is 5. The van der Waals surface area contributed by atoms with Gasteiger partial charge in [0.2, 0.25) is 11.0 Å². The van der Waals surface area contributed by atoms with Gasteiger partial charge in [0, 0.05) is 38.0 Å². The maximum atomic E-state index is 12.2. The largest absolute Gasteiger partial charge is 0.345 e. The van der Waals surface area contributed by atoms with Crippen LogP contribution in [0.25, 0.3) is 0 Å². The van der Waals surface area contributed by atoms with Crippen molar-refractivity contribution >= 4 is 22.4 Å². The molecule has 21 heavy (non-hydrogen) atoms. The van der Waals surface area contributed by atoms with E-state index in [2.05, 4.69) is 28.9 Å². The molecular formula is C15H24N4OS. The summed E-state index contributed by atoms with van der Waals surface area (Å²) >= 11 is 1.69. The van der Waals surface area contributed by atoms with Gasteiger partial charge >= 0.3 is 0 Å². The molecule has 0 spiro atoms. The molecule has 1 saturated carbocycles. The van der Waals surface area contributed by atoms with Gasteiger partial charge in [-0.15, -0.1) is 10.2 Å². The first kappa shape index (κ1) is 14.8. The monoisotopic (exact) mass is 308 g/mol. The van der Waals surface area contributed by atoms with E-state index >= 15 is 0 Å². The standard InChI is InChI=1S/C15H24N4OS/c1-10(2)13-16-17-15(21-13)19-8-4-5-12(9-19)18(3)14(20)11-6-7-11/h10-12H,4-9H2,1-3H3. The summed E-state index contributed by atoms with van der Waals surface area (Å²) in [7, 11) is 1.97. The minimum Gasteiger partial charge on any atom is -0.345 e. The summed E-state index contributed by atoms with van der Waals surface area (Å²) in [5.41, 5.74) is 0. The van der Waals surface area contributed by atoms with E-state index in [1.165, 1.54) is 0 Å². The third-order valence-corrected chi connectivity index (χ3v) is 5.70. The Hall–Kier alpha value is -1.17. The number of piperidine rings is 1. The summed E-state index contributed by atoms with van der Waals surface area (Å²) in [6.45, 7) is 6.20. The van der Waals surface area contributed by atoms with Crippen LogP contribution in [0.15, 0.2) is 0 Å². The van der Waals surface area contributed by atoms with E-state index in [9.17, 15) is 4.79 Å². The molecular weight excluding hydrogens is 284 g/mol. The minimum atomic E-state index is 0.305. The van der Waals surface area contributed by atoms with Crippen molar-refractivity contribution in [2.75, 3.05) is 25.0 Å². The van der Waals surface area contributed by atoms with Crippen LogP contribution in [0, 0.1) is 5.92 Å². The SMILES string of the molecule is CC(C)c1nnc(N2CCCC(N(C)C(=O)C3CC3)C2)s1. The van der Waals surface area contributed by atoms with E-state index < -0.39 is 0 Å². The number of likely N-dealkylation sites (N-methyl/N-ethyl adjacent to an activating group) is 1. The van der Waals surface area contributed by atoms with E-state index in [4.69, 9.17) is 0 Å². The second kappa shape index (κ2) is 5.91. The molecule has 2 heterocycles. The molecule has 0 N–H and O–H groups in total. The highest BCUT2D eigenvalue weighted by atomic mass is 32.1. The predicted molar refractivity (Wildman–Crippen MR) is 84.7 cm³/mol. The van der Waals surface area contributed by atoms with Crippen molar-refractivity contribution in [3.05, 3.63) is 5.01 Å². The molecule has 3 rings (SSSR count). The van der Waals surface area contributed by atoms with Gasteiger partial charge in [-0.1, -0.05) is 25.2 Å². The highest BCUT2D eigenvalue weighted by molar-refractivity contribution is 7.15. The molecule has 116 valence electrons. The van der Waals surface area contributed by atoms with Crippen LogP contribution in [0.2, 0.25) is 0 Å². The third-order valence-electron chi connectivity index (χ3n) is 4.41. The number of hydrogen-bond donors (Lipinski definition) is 0. The Bertz CT molecular complexity index is 512. The summed E-state index contributed by atoms with van der Waals surface area (Å²) in [4.78, 5) is 16.5. The van der Waals surface area contributed by atoms with E-state index in [-0.39, 0.29) is 0 Å². The smallest absolute Gasteiger partial charge is 0.225 e. The fourth-order valence-corrected chi connectivity index (χ4v) is 3.71. The maximum Gasteiger partial charge on any atom is 0.225 e. The number of amides is 1. The van der Waals surface area contributed by atoms with Crippen LogP contribution in [0.5, 0.6) is 0 Å². The van der Waals surface area contributed by atoms with Crippen molar-refractivity contribution in [3.63, 3.8) is 0 Å². The van der Waals surface area contributed by atoms with Gasteiger partial charge in [-0.2, -0.15) is 0 Å². The molecule has 1 aliphatic carbocycles. The second-order valence-corrected chi connectivity index (χ2v) is 7.53. The summed E-state index contributed by atoms with van der Waals surface area (Å²) < 4.78 is 0. The first-order valence-electron chi connectivity index (χ1n) is 7.91. The lowest BCUT2D eigenvalue weighted by Gasteiger charge is -2.37. The average Bonchev–Trinajstić information content (AvgIpc) is 3.22. The highest BCUT2D eigenvalue weighted by Gasteiger charge is 2.36. The van der Waals surface area contributed by atoms with Gasteiger partial charge in [0.15, 0.2) is 0 Å². The zero-order valence-corrected chi connectivity index (χ0v) is 13.9. The van der Waals surface area contributed by atoms with Crippen LogP contribution in [0.4, 0.5) is 5.13 Å². The molecule has 1 aromatic rings. The average molecular weight is 308 g/mol. The molecule has 0 radical (unpaired) electrons. The van der Waals surface area contributed by atoms with Crippen LogP contribution >= 0.6 is 11.3 Å². The summed E-state index contributed by atoms with van der Waals surface area (Å²) in [5, 5.41) is 10.7. The predicted octanol–water partition coefficient (Wildman–Crippen LogP) is 2.50. The van der Waals surface area contributed by atoms with Crippen molar-refractivity contribution in [1.82, 2.24) is 15.1 Å². The molecule has 1 atom stereocenters. The Balaban J connectivity index is 1.65. The number of aromatic nitrogens is 2. The van der Waals surface area contributed by atoms with Gasteiger partial charge in [-0.3, -0.25) is 4.79 Å². The Morgan fingerprint density at radius 3 is 2.71 bits per heavy atom. The number of carbonyl (C=O) groups is 1. The van der Waals surface area contributed by atoms with E-state index in [0.29, 0.717) is 23.8 Å². The molecule has 1 aliphatic heterocycles. The minimum absolute atomic E-state index is 0.305. The second-order valence-electron chi connectivity index (χ2n) is 6.54. The Morgan fingerprint density at radius 1 is 1.33 bits per heavy atom. The van der Waals surface area contributed by atoms with Gasteiger partial charge in [0.1, 0.15) is 5.01 Å². The van der Waals surface area contributed by atoms with Gasteiger partial charge in [0.05, 0.1) is 0 Å². The molecule has 0 bridgehead atoms. The fourth-order valence-electron chi connectivity index (χ4n) is 2.83. The van der Waals surface area contributed by atoms with Gasteiger partial charge in [-0.05, 0) is 25.7 Å². The first-order valence-corrected chi connectivity index (χ1v) is 8.73. The maximum absolute atomic E-state index is 12.2. The van der Waals surface area contributed by atoms with Crippen LogP contribution in [-0.2, 0) is 4.79 Å². The summed E-state index contributed by atoms with van der Waals surface area (Å²) in [6, 6.07) is 0.318. The lowest BCUT2D eigenvalue weighted by Crippen LogP contribution is -2.49. The van der Waals surface area contributed by atoms with Crippen molar-refractivity contribution in [2.45, 2.75) is 51.5 Å². The van der Waals surface area contributed by atoms with Crippen LogP contribution in [-0.4, -0.2) is 47.2 Å². The third kappa shape index (κ3) is 3.20. The highest BCUT2D eigenvalue weighted by Crippen LogP contribution is 2.33. The Labute approximate surface area is 130 Å². The van der Waals surface area contributed by atoms with E-state index in [1.807, 2.05) is 11.9 Å². The molecule has 2 aliphatic rings. The number of carbonyl (C=O) groups excluding carboxylic acids is 1. The van der Waals surface area contributed by atoms with Crippen molar-refractivity contribution < 1.29 is 4.79 Å². The van der Waals surface area contributed by atoms with E-state index in [0.717, 1.165) is 48.9 Å². The van der Waals surface area contributed by atoms with Gasteiger partial charge in [0.25, 0.3) is 0 Å². The topological polar surface area (TPSA) is 49.3 Å². The normalized spacial score (nSPS) is 22.7. The number of anilines is 1. The number of rotatable bonds is 4. The van der Waals surface area contributed by atoms with E-state index in [1.54, 1.807) is 11.3 Å². The van der Waals surface area contributed by atoms with Crippen LogP contribution in [0.1, 0.15) is 50.5 Å². The lowest BCUT2D eigenvalue weighted by molar-refractivity contribution is -0.133. The molecule has 1 saturated heterocycles. The molecule has 0 aromatic carbocycles. The zero-order valence-electron chi connectivity index (χ0n) is 13.1. The number of nitrogens with zero attached hydrogens (tertiary/aromatic N) is 4. The Kier molecular flexibility index (Phi) is 4.15. The molecule has 2 fully saturated rings. The summed E-state index contributed by atoms with van der Waals surface area (Å²) in [6.07, 6.45) is 4.37. The van der Waals surface area contributed by atoms with Crippen LogP contribution < -0.4 is 4.90 Å². The molecule has 1 aromatic heterocycles. The quantitative estimate of drug-likeness (QED) is 0.857. The van der Waals surface area contributed by atoms with Gasteiger partial charge < -0.3 is 9.80 Å². The molecule has 1 amide bonds. The first-order chi connectivity index (χ1) is 10.1. The van der Waals surface area contributed by atoms with Crippen molar-refractivity contribution in [1.29, 1.82) is 0 Å². The van der Waals surface area contributed by atoms with Crippen molar-refractivity contribution in [3.8, 4) is 0 Å². The Morgan fingerprint density at radius 2 is 2.10 bits per heavy atom. The lowest BCUT2D eigenvalue weighted by atomic mass is 10.0. The molecule has 1 unspecified atom stereocenters. The summed E-state index contributed by atoms with van der Waals surface area (Å²) in [5.74, 6) is 1.07. The van der Waals surface area contributed by atoms with Gasteiger partial charge in [-0.25, -0.2) is 0 Å². The van der Waals surface area contributed by atoms with Crippen LogP contribution in [0.3, 0.4) is 0 Å². The molecule has 6 heteroatoms. The molecule has 5 nitrogen and oxygen atoms in total. The van der Waals surface area contributed by atoms with Crippen molar-refractivity contribution in [2.24, 2.45) is 5.92 Å². The fraction of sp³-hybridized carbons (Fsp3) is 0.800.